The first-order valence-corrected chi connectivity index (χ1v) is 7.90. The summed E-state index contributed by atoms with van der Waals surface area (Å²) in [5.41, 5.74) is 1.75. The van der Waals surface area contributed by atoms with Crippen LogP contribution in [0.5, 0.6) is 5.75 Å². The molecular formula is C20H17NO4. The standard InChI is InChI=1S/C20H17NO4/c1-2-24-15-9-7-14(8-10-15)21-20(23)18-6-4-3-5-17(18)19-12-11-16(13-22)25-19/h3-13H,2H2,1H3,(H,21,23). The molecule has 0 aliphatic rings. The SMILES string of the molecule is CCOc1ccc(NC(=O)c2ccccc2-c2ccc(C=O)o2)cc1. The number of hydrogen-bond donors (Lipinski definition) is 1. The highest BCUT2D eigenvalue weighted by molar-refractivity contribution is 6.08. The van der Waals surface area contributed by atoms with Gasteiger partial charge in [-0.05, 0) is 49.4 Å². The summed E-state index contributed by atoms with van der Waals surface area (Å²) in [6.07, 6.45) is 0.631. The van der Waals surface area contributed by atoms with E-state index < -0.39 is 0 Å². The summed E-state index contributed by atoms with van der Waals surface area (Å²) in [7, 11) is 0. The van der Waals surface area contributed by atoms with Gasteiger partial charge in [-0.2, -0.15) is 0 Å². The molecule has 1 heterocycles. The van der Waals surface area contributed by atoms with E-state index in [-0.39, 0.29) is 11.7 Å². The van der Waals surface area contributed by atoms with Crippen LogP contribution in [-0.4, -0.2) is 18.8 Å². The topological polar surface area (TPSA) is 68.5 Å². The maximum absolute atomic E-state index is 12.6. The van der Waals surface area contributed by atoms with Crippen molar-refractivity contribution in [3.8, 4) is 17.1 Å². The molecule has 1 amide bonds. The molecule has 126 valence electrons. The molecule has 0 aliphatic carbocycles. The Balaban J connectivity index is 1.83. The lowest BCUT2D eigenvalue weighted by Crippen LogP contribution is -2.13. The minimum atomic E-state index is -0.260. The summed E-state index contributed by atoms with van der Waals surface area (Å²) >= 11 is 0. The molecule has 0 atom stereocenters. The highest BCUT2D eigenvalue weighted by atomic mass is 16.5. The van der Waals surface area contributed by atoms with Gasteiger partial charge in [0.05, 0.1) is 12.2 Å². The van der Waals surface area contributed by atoms with Gasteiger partial charge in [-0.1, -0.05) is 18.2 Å². The second-order valence-corrected chi connectivity index (χ2v) is 5.28. The molecule has 0 fully saturated rings. The fourth-order valence-electron chi connectivity index (χ4n) is 2.46. The first-order chi connectivity index (χ1) is 12.2. The van der Waals surface area contributed by atoms with Gasteiger partial charge in [-0.15, -0.1) is 0 Å². The van der Waals surface area contributed by atoms with E-state index in [1.165, 1.54) is 0 Å². The van der Waals surface area contributed by atoms with Crippen LogP contribution in [0.15, 0.2) is 65.1 Å². The van der Waals surface area contributed by atoms with Crippen molar-refractivity contribution in [2.75, 3.05) is 11.9 Å². The molecular weight excluding hydrogens is 318 g/mol. The number of carbonyl (C=O) groups excluding carboxylic acids is 2. The predicted molar refractivity (Wildman–Crippen MR) is 95.1 cm³/mol. The highest BCUT2D eigenvalue weighted by Gasteiger charge is 2.15. The second-order valence-electron chi connectivity index (χ2n) is 5.28. The normalized spacial score (nSPS) is 10.3. The third kappa shape index (κ3) is 3.77. The van der Waals surface area contributed by atoms with Crippen molar-refractivity contribution in [1.82, 2.24) is 0 Å². The fraction of sp³-hybridized carbons (Fsp3) is 0.100. The van der Waals surface area contributed by atoms with Gasteiger partial charge in [-0.3, -0.25) is 9.59 Å². The smallest absolute Gasteiger partial charge is 0.256 e. The minimum absolute atomic E-state index is 0.219. The number of furan rings is 1. The van der Waals surface area contributed by atoms with Crippen LogP contribution in [0, 0.1) is 0 Å². The Kier molecular flexibility index (Phi) is 4.95. The van der Waals surface area contributed by atoms with E-state index in [0.717, 1.165) is 5.75 Å². The molecule has 0 bridgehead atoms. The largest absolute Gasteiger partial charge is 0.494 e. The minimum Gasteiger partial charge on any atom is -0.494 e. The third-order valence-corrected chi connectivity index (χ3v) is 3.60. The van der Waals surface area contributed by atoms with Crippen molar-refractivity contribution in [3.05, 3.63) is 72.0 Å². The van der Waals surface area contributed by atoms with Crippen LogP contribution >= 0.6 is 0 Å². The Morgan fingerprint density at radius 3 is 2.52 bits per heavy atom. The zero-order chi connectivity index (χ0) is 17.6. The van der Waals surface area contributed by atoms with Crippen LogP contribution in [0.4, 0.5) is 5.69 Å². The molecule has 0 aliphatic heterocycles. The van der Waals surface area contributed by atoms with Crippen molar-refractivity contribution < 1.29 is 18.7 Å². The van der Waals surface area contributed by atoms with E-state index in [2.05, 4.69) is 5.32 Å². The van der Waals surface area contributed by atoms with Gasteiger partial charge < -0.3 is 14.5 Å². The average molecular weight is 335 g/mol. The molecule has 5 nitrogen and oxygen atoms in total. The van der Waals surface area contributed by atoms with E-state index in [4.69, 9.17) is 9.15 Å². The number of hydrogen-bond acceptors (Lipinski definition) is 4. The predicted octanol–water partition coefficient (Wildman–Crippen LogP) is 4.41. The maximum Gasteiger partial charge on any atom is 0.256 e. The Hall–Kier alpha value is -3.34. The van der Waals surface area contributed by atoms with Crippen LogP contribution in [0.3, 0.4) is 0 Å². The molecule has 2 aromatic carbocycles. The summed E-state index contributed by atoms with van der Waals surface area (Å²) < 4.78 is 10.8. The van der Waals surface area contributed by atoms with Crippen LogP contribution in [0.25, 0.3) is 11.3 Å². The van der Waals surface area contributed by atoms with Crippen LogP contribution in [-0.2, 0) is 0 Å². The van der Waals surface area contributed by atoms with Crippen molar-refractivity contribution in [2.24, 2.45) is 0 Å². The van der Waals surface area contributed by atoms with E-state index in [0.29, 0.717) is 35.5 Å². The zero-order valence-electron chi connectivity index (χ0n) is 13.7. The number of benzene rings is 2. The summed E-state index contributed by atoms with van der Waals surface area (Å²) in [5.74, 6) is 1.18. The quantitative estimate of drug-likeness (QED) is 0.678. The molecule has 0 spiro atoms. The number of amides is 1. The van der Waals surface area contributed by atoms with Crippen LogP contribution < -0.4 is 10.1 Å². The molecule has 1 aromatic heterocycles. The third-order valence-electron chi connectivity index (χ3n) is 3.60. The van der Waals surface area contributed by atoms with E-state index in [9.17, 15) is 9.59 Å². The Labute approximate surface area is 145 Å². The number of carbonyl (C=O) groups is 2. The Bertz CT molecular complexity index is 881. The summed E-state index contributed by atoms with van der Waals surface area (Å²) in [5, 5.41) is 2.85. The van der Waals surface area contributed by atoms with Crippen molar-refractivity contribution >= 4 is 17.9 Å². The van der Waals surface area contributed by atoms with Gasteiger partial charge in [0.1, 0.15) is 11.5 Å². The van der Waals surface area contributed by atoms with Crippen LogP contribution in [0.1, 0.15) is 27.8 Å². The summed E-state index contributed by atoms with van der Waals surface area (Å²) in [4.78, 5) is 23.4. The molecule has 0 saturated carbocycles. The number of anilines is 1. The lowest BCUT2D eigenvalue weighted by Gasteiger charge is -2.09. The summed E-state index contributed by atoms with van der Waals surface area (Å²) in [6, 6.07) is 17.5. The summed E-state index contributed by atoms with van der Waals surface area (Å²) in [6.45, 7) is 2.50. The van der Waals surface area contributed by atoms with Crippen molar-refractivity contribution in [1.29, 1.82) is 0 Å². The second kappa shape index (κ2) is 7.49. The Morgan fingerprint density at radius 1 is 1.08 bits per heavy atom. The van der Waals surface area contributed by atoms with E-state index >= 15 is 0 Å². The van der Waals surface area contributed by atoms with E-state index in [1.807, 2.05) is 13.0 Å². The lowest BCUT2D eigenvalue weighted by molar-refractivity contribution is 0.102. The van der Waals surface area contributed by atoms with Gasteiger partial charge in [0.2, 0.25) is 0 Å². The van der Waals surface area contributed by atoms with Gasteiger partial charge >= 0.3 is 0 Å². The first kappa shape index (κ1) is 16.5. The molecule has 3 aromatic rings. The Morgan fingerprint density at radius 2 is 1.84 bits per heavy atom. The van der Waals surface area contributed by atoms with Gasteiger partial charge in [0.25, 0.3) is 5.91 Å². The fourth-order valence-corrected chi connectivity index (χ4v) is 2.46. The molecule has 0 unspecified atom stereocenters. The molecule has 0 radical (unpaired) electrons. The van der Waals surface area contributed by atoms with Crippen molar-refractivity contribution in [3.63, 3.8) is 0 Å². The number of rotatable bonds is 6. The lowest BCUT2D eigenvalue weighted by atomic mass is 10.0. The molecule has 25 heavy (non-hydrogen) atoms. The highest BCUT2D eigenvalue weighted by Crippen LogP contribution is 2.26. The molecule has 3 rings (SSSR count). The average Bonchev–Trinajstić information content (AvgIpc) is 3.13. The number of ether oxygens (including phenoxy) is 1. The monoisotopic (exact) mass is 335 g/mol. The van der Waals surface area contributed by atoms with Crippen LogP contribution in [0.2, 0.25) is 0 Å². The van der Waals surface area contributed by atoms with E-state index in [1.54, 1.807) is 54.6 Å². The first-order valence-electron chi connectivity index (χ1n) is 7.90. The number of aldehydes is 1. The maximum atomic E-state index is 12.6. The van der Waals surface area contributed by atoms with Gasteiger partial charge in [0, 0.05) is 11.3 Å². The van der Waals surface area contributed by atoms with Gasteiger partial charge in [0.15, 0.2) is 12.0 Å². The zero-order valence-corrected chi connectivity index (χ0v) is 13.7. The molecule has 0 saturated heterocycles. The van der Waals surface area contributed by atoms with Gasteiger partial charge in [-0.25, -0.2) is 0 Å². The van der Waals surface area contributed by atoms with Crippen molar-refractivity contribution in [2.45, 2.75) is 6.92 Å². The molecule has 1 N–H and O–H groups in total. The molecule has 5 heteroatoms. The number of nitrogens with one attached hydrogen (secondary N) is 1.